The van der Waals surface area contributed by atoms with Gasteiger partial charge in [-0.3, -0.25) is 4.79 Å². The van der Waals surface area contributed by atoms with Crippen molar-refractivity contribution in [2.45, 2.75) is 30.7 Å². The van der Waals surface area contributed by atoms with E-state index in [4.69, 9.17) is 21.1 Å². The maximum atomic E-state index is 13.3. The Hall–Kier alpha value is -3.24. The van der Waals surface area contributed by atoms with Gasteiger partial charge in [-0.15, -0.1) is 0 Å². The molecule has 1 saturated heterocycles. The molecule has 0 spiro atoms. The SMILES string of the molecule is O=C(c1ccccc1)c1ccccc1-n1cc(O[C@@H]2O[C@H](CO)[C@H](O)[C@H](O)[C@H]2O)c2c(Cl)cccc21. The highest BCUT2D eigenvalue weighted by Gasteiger charge is 2.45. The molecule has 0 unspecified atom stereocenters. The molecule has 0 amide bonds. The Kier molecular flexibility index (Phi) is 6.81. The molecule has 0 aliphatic carbocycles. The van der Waals surface area contributed by atoms with Crippen LogP contribution in [0.25, 0.3) is 16.6 Å². The topological polar surface area (TPSA) is 121 Å². The number of halogens is 1. The van der Waals surface area contributed by atoms with Crippen LogP contribution in [-0.4, -0.2) is 68.1 Å². The largest absolute Gasteiger partial charge is 0.460 e. The molecule has 0 radical (unpaired) electrons. The van der Waals surface area contributed by atoms with Gasteiger partial charge in [-0.1, -0.05) is 60.1 Å². The lowest BCUT2D eigenvalue weighted by molar-refractivity contribution is -0.277. The predicted octanol–water partition coefficient (Wildman–Crippen LogP) is 2.69. The van der Waals surface area contributed by atoms with E-state index in [-0.39, 0.29) is 11.5 Å². The lowest BCUT2D eigenvalue weighted by atomic mass is 9.99. The highest BCUT2D eigenvalue weighted by atomic mass is 35.5. The Morgan fingerprint density at radius 3 is 2.39 bits per heavy atom. The summed E-state index contributed by atoms with van der Waals surface area (Å²) in [5.41, 5.74) is 2.22. The maximum absolute atomic E-state index is 13.3. The van der Waals surface area contributed by atoms with Crippen LogP contribution in [0.15, 0.2) is 79.0 Å². The number of carbonyl (C=O) groups is 1. The Morgan fingerprint density at radius 2 is 1.64 bits per heavy atom. The monoisotopic (exact) mass is 509 g/mol. The van der Waals surface area contributed by atoms with E-state index in [9.17, 15) is 25.2 Å². The normalized spacial score (nSPS) is 24.1. The van der Waals surface area contributed by atoms with Gasteiger partial charge in [-0.25, -0.2) is 0 Å². The van der Waals surface area contributed by atoms with Gasteiger partial charge in [0, 0.05) is 11.1 Å². The van der Waals surface area contributed by atoms with Crippen molar-refractivity contribution in [1.82, 2.24) is 4.57 Å². The minimum absolute atomic E-state index is 0.161. The van der Waals surface area contributed by atoms with Gasteiger partial charge in [0.25, 0.3) is 0 Å². The molecule has 8 nitrogen and oxygen atoms in total. The summed E-state index contributed by atoms with van der Waals surface area (Å²) in [6.07, 6.45) is -5.58. The van der Waals surface area contributed by atoms with Gasteiger partial charge in [0.05, 0.1) is 34.4 Å². The van der Waals surface area contributed by atoms with Crippen LogP contribution in [0.3, 0.4) is 0 Å². The van der Waals surface area contributed by atoms with Gasteiger partial charge >= 0.3 is 0 Å². The molecule has 0 saturated carbocycles. The van der Waals surface area contributed by atoms with Crippen LogP contribution in [-0.2, 0) is 4.74 Å². The van der Waals surface area contributed by atoms with E-state index in [0.29, 0.717) is 32.7 Å². The van der Waals surface area contributed by atoms with E-state index in [1.165, 1.54) is 0 Å². The summed E-state index contributed by atoms with van der Waals surface area (Å²) in [5, 5.41) is 41.1. The van der Waals surface area contributed by atoms with Crippen molar-refractivity contribution in [1.29, 1.82) is 0 Å². The second kappa shape index (κ2) is 10.0. The number of aromatic nitrogens is 1. The third-order valence-corrected chi connectivity index (χ3v) is 6.59. The fraction of sp³-hybridized carbons (Fsp3) is 0.222. The number of ketones is 1. The first-order chi connectivity index (χ1) is 17.4. The minimum Gasteiger partial charge on any atom is -0.460 e. The average molecular weight is 510 g/mol. The first-order valence-corrected chi connectivity index (χ1v) is 11.7. The van der Waals surface area contributed by atoms with Crippen molar-refractivity contribution in [2.75, 3.05) is 6.61 Å². The molecular weight excluding hydrogens is 486 g/mol. The smallest absolute Gasteiger partial charge is 0.229 e. The van der Waals surface area contributed by atoms with Crippen molar-refractivity contribution < 1.29 is 34.7 Å². The molecule has 1 fully saturated rings. The van der Waals surface area contributed by atoms with Gasteiger partial charge in [0.2, 0.25) is 6.29 Å². The van der Waals surface area contributed by atoms with Crippen LogP contribution in [0, 0.1) is 0 Å². The van der Waals surface area contributed by atoms with Crippen molar-refractivity contribution in [3.8, 4) is 11.4 Å². The molecule has 4 N–H and O–H groups in total. The third kappa shape index (κ3) is 4.28. The number of benzene rings is 3. The zero-order valence-corrected chi connectivity index (χ0v) is 19.7. The maximum Gasteiger partial charge on any atom is 0.229 e. The minimum atomic E-state index is -1.59. The quantitative estimate of drug-likeness (QED) is 0.295. The second-order valence-corrected chi connectivity index (χ2v) is 8.93. The summed E-state index contributed by atoms with van der Waals surface area (Å²) in [6.45, 7) is -0.581. The van der Waals surface area contributed by atoms with Crippen LogP contribution < -0.4 is 4.74 Å². The molecule has 1 aromatic heterocycles. The standard InChI is InChI=1S/C27H24ClNO7/c28-17-10-6-12-19-22(17)20(35-27-26(34)25(33)24(32)21(14-30)36-27)13-29(19)18-11-5-4-9-16(18)23(31)15-7-2-1-3-8-15/h1-13,21,24-27,30,32-34H,14H2/t21-,24+,25+,26-,27-/m1/s1. The van der Waals surface area contributed by atoms with Gasteiger partial charge in [-0.05, 0) is 24.3 Å². The van der Waals surface area contributed by atoms with Gasteiger partial charge < -0.3 is 34.5 Å². The van der Waals surface area contributed by atoms with Crippen molar-refractivity contribution in [3.05, 3.63) is 95.1 Å². The van der Waals surface area contributed by atoms with E-state index in [1.54, 1.807) is 65.4 Å². The molecular formula is C27H24ClNO7. The predicted molar refractivity (Wildman–Crippen MR) is 133 cm³/mol. The number of fused-ring (bicyclic) bond motifs is 1. The van der Waals surface area contributed by atoms with Gasteiger partial charge in [-0.2, -0.15) is 0 Å². The molecule has 36 heavy (non-hydrogen) atoms. The molecule has 5 atom stereocenters. The zero-order chi connectivity index (χ0) is 25.4. The number of hydrogen-bond acceptors (Lipinski definition) is 7. The summed E-state index contributed by atoms with van der Waals surface area (Å²) in [4.78, 5) is 13.3. The molecule has 0 bridgehead atoms. The molecule has 186 valence electrons. The number of nitrogens with zero attached hydrogens (tertiary/aromatic N) is 1. The highest BCUT2D eigenvalue weighted by Crippen LogP contribution is 2.38. The number of ether oxygens (including phenoxy) is 2. The molecule has 3 aromatic carbocycles. The van der Waals surface area contributed by atoms with Gasteiger partial charge in [0.15, 0.2) is 5.78 Å². The Bertz CT molecular complexity index is 1390. The number of aliphatic hydroxyl groups is 4. The summed E-state index contributed by atoms with van der Waals surface area (Å²) in [6, 6.07) is 21.3. The lowest BCUT2D eigenvalue weighted by Gasteiger charge is -2.39. The van der Waals surface area contributed by atoms with Crippen LogP contribution in [0.2, 0.25) is 5.02 Å². The first-order valence-electron chi connectivity index (χ1n) is 11.4. The highest BCUT2D eigenvalue weighted by molar-refractivity contribution is 6.36. The van der Waals surface area contributed by atoms with E-state index in [2.05, 4.69) is 0 Å². The van der Waals surface area contributed by atoms with E-state index >= 15 is 0 Å². The number of hydrogen-bond donors (Lipinski definition) is 4. The van der Waals surface area contributed by atoms with Crippen molar-refractivity contribution in [3.63, 3.8) is 0 Å². The Labute approximate surface area is 211 Å². The summed E-state index contributed by atoms with van der Waals surface area (Å²) in [5.74, 6) is 0.0633. The third-order valence-electron chi connectivity index (χ3n) is 6.28. The fourth-order valence-electron chi connectivity index (χ4n) is 4.41. The van der Waals surface area contributed by atoms with Crippen molar-refractivity contribution in [2.24, 2.45) is 0 Å². The molecule has 1 aliphatic rings. The average Bonchev–Trinajstić information content (AvgIpc) is 3.28. The molecule has 1 aliphatic heterocycles. The first kappa shape index (κ1) is 24.5. The van der Waals surface area contributed by atoms with Crippen LogP contribution in [0.4, 0.5) is 0 Å². The molecule has 4 aromatic rings. The van der Waals surface area contributed by atoms with Gasteiger partial charge in [0.1, 0.15) is 30.2 Å². The second-order valence-electron chi connectivity index (χ2n) is 8.52. The lowest BCUT2D eigenvalue weighted by Crippen LogP contribution is -2.60. The Morgan fingerprint density at radius 1 is 0.917 bits per heavy atom. The number of carbonyl (C=O) groups excluding carboxylic acids is 1. The number of aliphatic hydroxyl groups excluding tert-OH is 4. The number of rotatable bonds is 6. The summed E-state index contributed by atoms with van der Waals surface area (Å²) >= 11 is 6.53. The van der Waals surface area contributed by atoms with Crippen LogP contribution in [0.5, 0.6) is 5.75 Å². The molecule has 5 rings (SSSR count). The van der Waals surface area contributed by atoms with E-state index in [1.807, 2.05) is 18.2 Å². The summed E-state index contributed by atoms with van der Waals surface area (Å²) < 4.78 is 13.2. The van der Waals surface area contributed by atoms with E-state index in [0.717, 1.165) is 0 Å². The molecule has 2 heterocycles. The Balaban J connectivity index is 1.60. The fourth-order valence-corrected chi connectivity index (χ4v) is 4.67. The van der Waals surface area contributed by atoms with Crippen molar-refractivity contribution >= 4 is 28.3 Å². The zero-order valence-electron chi connectivity index (χ0n) is 18.9. The van der Waals surface area contributed by atoms with Crippen LogP contribution >= 0.6 is 11.6 Å². The molecule has 9 heteroatoms. The number of para-hydroxylation sites is 1. The summed E-state index contributed by atoms with van der Waals surface area (Å²) in [7, 11) is 0. The van der Waals surface area contributed by atoms with Crippen LogP contribution in [0.1, 0.15) is 15.9 Å². The van der Waals surface area contributed by atoms with E-state index < -0.39 is 37.3 Å².